The summed E-state index contributed by atoms with van der Waals surface area (Å²) in [5.41, 5.74) is 6.30. The first-order chi connectivity index (χ1) is 13.7. The van der Waals surface area contributed by atoms with E-state index in [0.717, 1.165) is 6.42 Å². The van der Waals surface area contributed by atoms with Crippen LogP contribution in [0.15, 0.2) is 47.4 Å². The number of nitrogens with one attached hydrogen (secondary N) is 1. The van der Waals surface area contributed by atoms with Gasteiger partial charge in [-0.05, 0) is 60.1 Å². The van der Waals surface area contributed by atoms with Gasteiger partial charge in [-0.3, -0.25) is 14.2 Å². The fraction of sp³-hybridized carbons (Fsp3) is 0.375. The van der Waals surface area contributed by atoms with Gasteiger partial charge in [0.05, 0.1) is 17.2 Å². The fourth-order valence-corrected chi connectivity index (χ4v) is 3.63. The molecule has 0 bridgehead atoms. The van der Waals surface area contributed by atoms with E-state index in [1.54, 1.807) is 6.07 Å². The van der Waals surface area contributed by atoms with Crippen LogP contribution in [0.3, 0.4) is 0 Å². The molecule has 0 saturated carbocycles. The van der Waals surface area contributed by atoms with E-state index in [2.05, 4.69) is 57.1 Å². The standard InChI is InChI=1S/C24H29N3O2/c1-16-12-18(24(3,4)5)13-17(2)19(16)10-11-25-22(28)15-27-21-9-7-6-8-20(21)26-14-23(27)29/h6-9,12-14H,10-11,15H2,1-5H3,(H,25,28). The molecule has 1 N–H and O–H groups in total. The smallest absolute Gasteiger partial charge is 0.269 e. The van der Waals surface area contributed by atoms with Gasteiger partial charge in [0.25, 0.3) is 5.56 Å². The Morgan fingerprint density at radius 3 is 2.41 bits per heavy atom. The van der Waals surface area contributed by atoms with E-state index in [1.165, 1.54) is 33.0 Å². The Kier molecular flexibility index (Phi) is 5.87. The third kappa shape index (κ3) is 4.73. The minimum atomic E-state index is -0.275. The highest BCUT2D eigenvalue weighted by Gasteiger charge is 2.16. The van der Waals surface area contributed by atoms with Crippen molar-refractivity contribution in [2.75, 3.05) is 6.54 Å². The number of carbonyl (C=O) groups is 1. The molecule has 0 fully saturated rings. The van der Waals surface area contributed by atoms with Gasteiger partial charge in [-0.15, -0.1) is 0 Å². The van der Waals surface area contributed by atoms with Crippen molar-refractivity contribution < 1.29 is 4.79 Å². The van der Waals surface area contributed by atoms with Gasteiger partial charge < -0.3 is 5.32 Å². The Labute approximate surface area is 171 Å². The van der Waals surface area contributed by atoms with Crippen LogP contribution in [0.2, 0.25) is 0 Å². The van der Waals surface area contributed by atoms with E-state index in [1.807, 2.05) is 18.2 Å². The van der Waals surface area contributed by atoms with Crippen LogP contribution >= 0.6 is 0 Å². The fourth-order valence-electron chi connectivity index (χ4n) is 3.63. The second-order valence-corrected chi connectivity index (χ2v) is 8.61. The van der Waals surface area contributed by atoms with Gasteiger partial charge in [0.15, 0.2) is 0 Å². The summed E-state index contributed by atoms with van der Waals surface area (Å²) in [5, 5.41) is 2.95. The van der Waals surface area contributed by atoms with Crippen LogP contribution in [0.1, 0.15) is 43.0 Å². The van der Waals surface area contributed by atoms with E-state index in [9.17, 15) is 9.59 Å². The lowest BCUT2D eigenvalue weighted by Crippen LogP contribution is -2.33. The Morgan fingerprint density at radius 1 is 1.10 bits per heavy atom. The number of rotatable bonds is 5. The monoisotopic (exact) mass is 391 g/mol. The van der Waals surface area contributed by atoms with Gasteiger partial charge in [-0.2, -0.15) is 0 Å². The third-order valence-corrected chi connectivity index (χ3v) is 5.31. The first-order valence-corrected chi connectivity index (χ1v) is 9.98. The van der Waals surface area contributed by atoms with Crippen molar-refractivity contribution >= 4 is 16.9 Å². The Hall–Kier alpha value is -2.95. The van der Waals surface area contributed by atoms with Gasteiger partial charge in [0.2, 0.25) is 5.91 Å². The SMILES string of the molecule is Cc1cc(C(C)(C)C)cc(C)c1CCNC(=O)Cn1c(=O)cnc2ccccc21. The summed E-state index contributed by atoms with van der Waals surface area (Å²) in [5.74, 6) is -0.176. The molecule has 0 saturated heterocycles. The summed E-state index contributed by atoms with van der Waals surface area (Å²) in [7, 11) is 0. The van der Waals surface area contributed by atoms with Gasteiger partial charge in [0, 0.05) is 6.54 Å². The van der Waals surface area contributed by atoms with E-state index in [0.29, 0.717) is 17.6 Å². The molecule has 1 aromatic heterocycles. The van der Waals surface area contributed by atoms with E-state index in [4.69, 9.17) is 0 Å². The lowest BCUT2D eigenvalue weighted by atomic mass is 9.83. The number of nitrogens with zero attached hydrogens (tertiary/aromatic N) is 2. The molecule has 0 aliphatic carbocycles. The molecule has 5 nitrogen and oxygen atoms in total. The molecule has 0 aliphatic heterocycles. The second-order valence-electron chi connectivity index (χ2n) is 8.61. The molecule has 5 heteroatoms. The first kappa shape index (κ1) is 20.8. The van der Waals surface area contributed by atoms with Gasteiger partial charge >= 0.3 is 0 Å². The summed E-state index contributed by atoms with van der Waals surface area (Å²) in [6.45, 7) is 11.4. The highest BCUT2D eigenvalue weighted by atomic mass is 16.2. The molecule has 3 aromatic rings. The maximum Gasteiger partial charge on any atom is 0.269 e. The highest BCUT2D eigenvalue weighted by molar-refractivity contribution is 5.79. The summed E-state index contributed by atoms with van der Waals surface area (Å²) >= 11 is 0. The molecule has 0 atom stereocenters. The molecule has 2 aromatic carbocycles. The number of amides is 1. The molecule has 3 rings (SSSR count). The minimum absolute atomic E-state index is 0.0111. The highest BCUT2D eigenvalue weighted by Crippen LogP contribution is 2.27. The molecule has 0 unspecified atom stereocenters. The molecule has 1 heterocycles. The molecule has 29 heavy (non-hydrogen) atoms. The quantitative estimate of drug-likeness (QED) is 0.722. The molecule has 1 amide bonds. The summed E-state index contributed by atoms with van der Waals surface area (Å²) in [6.07, 6.45) is 2.03. The maximum absolute atomic E-state index is 12.5. The lowest BCUT2D eigenvalue weighted by molar-refractivity contribution is -0.121. The van der Waals surface area contributed by atoms with Gasteiger partial charge in [-0.25, -0.2) is 4.98 Å². The number of aromatic nitrogens is 2. The normalized spacial score (nSPS) is 11.6. The van der Waals surface area contributed by atoms with Crippen LogP contribution < -0.4 is 10.9 Å². The molecular weight excluding hydrogens is 362 g/mol. The number of aryl methyl sites for hydroxylation is 2. The number of hydrogen-bond acceptors (Lipinski definition) is 3. The largest absolute Gasteiger partial charge is 0.354 e. The van der Waals surface area contributed by atoms with E-state index >= 15 is 0 Å². The van der Waals surface area contributed by atoms with Crippen molar-refractivity contribution in [2.24, 2.45) is 0 Å². The third-order valence-electron chi connectivity index (χ3n) is 5.31. The van der Waals surface area contributed by atoms with Crippen molar-refractivity contribution in [3.05, 3.63) is 75.2 Å². The summed E-state index contributed by atoms with van der Waals surface area (Å²) in [4.78, 5) is 28.8. The van der Waals surface area contributed by atoms with Crippen molar-refractivity contribution in [3.63, 3.8) is 0 Å². The average molecular weight is 392 g/mol. The van der Waals surface area contributed by atoms with Crippen LogP contribution in [-0.4, -0.2) is 22.0 Å². The average Bonchev–Trinajstić information content (AvgIpc) is 2.65. The molecular formula is C24H29N3O2. The van der Waals surface area contributed by atoms with Crippen molar-refractivity contribution in [1.29, 1.82) is 0 Å². The Balaban J connectivity index is 1.67. The second kappa shape index (κ2) is 8.19. The number of benzene rings is 2. The predicted octanol–water partition coefficient (Wildman–Crippen LogP) is 3.67. The zero-order valence-electron chi connectivity index (χ0n) is 17.9. The molecule has 0 aliphatic rings. The number of fused-ring (bicyclic) bond motifs is 1. The minimum Gasteiger partial charge on any atom is -0.354 e. The van der Waals surface area contributed by atoms with Crippen molar-refractivity contribution in [1.82, 2.24) is 14.9 Å². The maximum atomic E-state index is 12.5. The van der Waals surface area contributed by atoms with Crippen molar-refractivity contribution in [2.45, 2.75) is 53.0 Å². The first-order valence-electron chi connectivity index (χ1n) is 9.98. The lowest BCUT2D eigenvalue weighted by Gasteiger charge is -2.22. The van der Waals surface area contributed by atoms with Crippen LogP contribution in [0, 0.1) is 13.8 Å². The molecule has 0 spiro atoms. The molecule has 152 valence electrons. The van der Waals surface area contributed by atoms with E-state index in [-0.39, 0.29) is 23.4 Å². The topological polar surface area (TPSA) is 64.0 Å². The summed E-state index contributed by atoms with van der Waals surface area (Å²) in [6, 6.07) is 11.8. The van der Waals surface area contributed by atoms with E-state index < -0.39 is 0 Å². The molecule has 0 radical (unpaired) electrons. The number of hydrogen-bond donors (Lipinski definition) is 1. The van der Waals surface area contributed by atoms with Crippen LogP contribution in [-0.2, 0) is 23.2 Å². The number of para-hydroxylation sites is 2. The predicted molar refractivity (Wildman–Crippen MR) is 117 cm³/mol. The van der Waals surface area contributed by atoms with Gasteiger partial charge in [-0.1, -0.05) is 45.0 Å². The number of carbonyl (C=O) groups excluding carboxylic acids is 1. The summed E-state index contributed by atoms with van der Waals surface area (Å²) < 4.78 is 1.46. The Bertz CT molecular complexity index is 1080. The zero-order valence-corrected chi connectivity index (χ0v) is 17.9. The zero-order chi connectivity index (χ0) is 21.2. The Morgan fingerprint density at radius 2 is 1.76 bits per heavy atom. The van der Waals surface area contributed by atoms with Gasteiger partial charge in [0.1, 0.15) is 6.54 Å². The van der Waals surface area contributed by atoms with Crippen molar-refractivity contribution in [3.8, 4) is 0 Å². The van der Waals surface area contributed by atoms with Crippen LogP contribution in [0.4, 0.5) is 0 Å². The van der Waals surface area contributed by atoms with Crippen LogP contribution in [0.25, 0.3) is 11.0 Å². The van der Waals surface area contributed by atoms with Crippen LogP contribution in [0.5, 0.6) is 0 Å².